The van der Waals surface area contributed by atoms with Crippen molar-refractivity contribution in [3.63, 3.8) is 0 Å². The van der Waals surface area contributed by atoms with Crippen LogP contribution >= 0.6 is 0 Å². The van der Waals surface area contributed by atoms with Gasteiger partial charge in [-0.15, -0.1) is 0 Å². The fourth-order valence-corrected chi connectivity index (χ4v) is 3.85. The van der Waals surface area contributed by atoms with Gasteiger partial charge in [0.1, 0.15) is 0 Å². The van der Waals surface area contributed by atoms with Crippen molar-refractivity contribution in [3.8, 4) is 0 Å². The third-order valence-electron chi connectivity index (χ3n) is 5.38. The first-order valence-corrected chi connectivity index (χ1v) is 9.22. The van der Waals surface area contributed by atoms with Crippen LogP contribution in [0.5, 0.6) is 0 Å². The third kappa shape index (κ3) is 4.16. The average molecular weight is 329 g/mol. The van der Waals surface area contributed by atoms with Gasteiger partial charge in [-0.3, -0.25) is 4.79 Å². The summed E-state index contributed by atoms with van der Waals surface area (Å²) in [7, 11) is 0. The lowest BCUT2D eigenvalue weighted by Crippen LogP contribution is -2.42. The van der Waals surface area contributed by atoms with Gasteiger partial charge < -0.3 is 10.1 Å². The molecule has 0 heterocycles. The smallest absolute Gasteiger partial charge is 0.338 e. The third-order valence-corrected chi connectivity index (χ3v) is 5.38. The molecule has 1 aromatic rings. The van der Waals surface area contributed by atoms with Crippen molar-refractivity contribution in [1.29, 1.82) is 0 Å². The van der Waals surface area contributed by atoms with E-state index in [0.717, 1.165) is 32.1 Å². The Bertz CT molecular complexity index is 611. The lowest BCUT2D eigenvalue weighted by molar-refractivity contribution is -0.125. The zero-order chi connectivity index (χ0) is 16.9. The van der Waals surface area contributed by atoms with Gasteiger partial charge in [0.05, 0.1) is 5.56 Å². The minimum absolute atomic E-state index is 0.194. The number of hydrogen-bond donors (Lipinski definition) is 1. The van der Waals surface area contributed by atoms with E-state index < -0.39 is 5.97 Å². The molecule has 0 radical (unpaired) electrons. The zero-order valence-corrected chi connectivity index (χ0v) is 14.5. The van der Waals surface area contributed by atoms with Crippen LogP contribution in [0.4, 0.5) is 0 Å². The van der Waals surface area contributed by atoms with Gasteiger partial charge in [0, 0.05) is 6.04 Å². The molecule has 0 bridgehead atoms. The molecule has 24 heavy (non-hydrogen) atoms. The minimum Gasteiger partial charge on any atom is -0.452 e. The van der Waals surface area contributed by atoms with Gasteiger partial charge in [-0.05, 0) is 67.7 Å². The Morgan fingerprint density at radius 1 is 1.08 bits per heavy atom. The molecule has 2 atom stereocenters. The van der Waals surface area contributed by atoms with E-state index in [-0.39, 0.29) is 18.6 Å². The van der Waals surface area contributed by atoms with Gasteiger partial charge in [0.25, 0.3) is 5.91 Å². The number of carbonyl (C=O) groups excluding carboxylic acids is 2. The number of fused-ring (bicyclic) bond motifs is 1. The minimum atomic E-state index is -0.407. The molecule has 0 saturated heterocycles. The van der Waals surface area contributed by atoms with Crippen LogP contribution in [0.3, 0.4) is 0 Å². The SMILES string of the molecule is CC1CCCCC1NC(=O)COC(=O)c1ccc2c(c1)CCCC2. The molecule has 130 valence electrons. The van der Waals surface area contributed by atoms with Gasteiger partial charge in [0.15, 0.2) is 6.61 Å². The molecule has 3 rings (SSSR count). The molecule has 2 aliphatic carbocycles. The number of rotatable bonds is 4. The van der Waals surface area contributed by atoms with Gasteiger partial charge >= 0.3 is 5.97 Å². The van der Waals surface area contributed by atoms with Crippen LogP contribution in [0.25, 0.3) is 0 Å². The maximum Gasteiger partial charge on any atom is 0.338 e. The van der Waals surface area contributed by atoms with Crippen molar-refractivity contribution in [1.82, 2.24) is 5.32 Å². The number of ether oxygens (including phenoxy) is 1. The number of benzene rings is 1. The second-order valence-electron chi connectivity index (χ2n) is 7.20. The van der Waals surface area contributed by atoms with Gasteiger partial charge in [-0.1, -0.05) is 25.8 Å². The maximum absolute atomic E-state index is 12.2. The highest BCUT2D eigenvalue weighted by Gasteiger charge is 2.23. The highest BCUT2D eigenvalue weighted by Crippen LogP contribution is 2.24. The Balaban J connectivity index is 1.50. The van der Waals surface area contributed by atoms with Gasteiger partial charge in [-0.25, -0.2) is 4.79 Å². The Hall–Kier alpha value is -1.84. The van der Waals surface area contributed by atoms with Crippen molar-refractivity contribution in [2.45, 2.75) is 64.3 Å². The van der Waals surface area contributed by atoms with E-state index in [4.69, 9.17) is 4.74 Å². The normalized spacial score (nSPS) is 23.2. The maximum atomic E-state index is 12.2. The van der Waals surface area contributed by atoms with E-state index in [0.29, 0.717) is 11.5 Å². The monoisotopic (exact) mass is 329 g/mol. The zero-order valence-electron chi connectivity index (χ0n) is 14.5. The van der Waals surface area contributed by atoms with Crippen LogP contribution < -0.4 is 5.32 Å². The molecule has 1 fully saturated rings. The summed E-state index contributed by atoms with van der Waals surface area (Å²) >= 11 is 0. The summed E-state index contributed by atoms with van der Waals surface area (Å²) in [5.41, 5.74) is 3.13. The number of aryl methyl sites for hydroxylation is 2. The largest absolute Gasteiger partial charge is 0.452 e. The average Bonchev–Trinajstić information content (AvgIpc) is 2.61. The molecule has 1 amide bonds. The molecular weight excluding hydrogens is 302 g/mol. The van der Waals surface area contributed by atoms with Gasteiger partial charge in [0.2, 0.25) is 0 Å². The fourth-order valence-electron chi connectivity index (χ4n) is 3.85. The Morgan fingerprint density at radius 3 is 2.62 bits per heavy atom. The fraction of sp³-hybridized carbons (Fsp3) is 0.600. The van der Waals surface area contributed by atoms with Crippen molar-refractivity contribution in [2.24, 2.45) is 5.92 Å². The van der Waals surface area contributed by atoms with E-state index in [9.17, 15) is 9.59 Å². The number of carbonyl (C=O) groups is 2. The lowest BCUT2D eigenvalue weighted by atomic mass is 9.86. The number of esters is 1. The molecule has 0 aliphatic heterocycles. The van der Waals surface area contributed by atoms with Crippen LogP contribution in [0.1, 0.15) is 66.9 Å². The summed E-state index contributed by atoms with van der Waals surface area (Å²) in [5, 5.41) is 3.01. The highest BCUT2D eigenvalue weighted by molar-refractivity contribution is 5.91. The van der Waals surface area contributed by atoms with Gasteiger partial charge in [-0.2, -0.15) is 0 Å². The van der Waals surface area contributed by atoms with Crippen LogP contribution in [-0.4, -0.2) is 24.5 Å². The predicted octanol–water partition coefficient (Wildman–Crippen LogP) is 3.42. The molecular formula is C20H27NO3. The van der Waals surface area contributed by atoms with E-state index in [1.54, 1.807) is 0 Å². The van der Waals surface area contributed by atoms with Crippen LogP contribution in [-0.2, 0) is 22.4 Å². The standard InChI is InChI=1S/C20H27NO3/c1-14-6-2-5-9-18(14)21-19(22)13-24-20(23)17-11-10-15-7-3-4-8-16(15)12-17/h10-12,14,18H,2-9,13H2,1H3,(H,21,22). The first-order chi connectivity index (χ1) is 11.6. The Labute approximate surface area is 144 Å². The first-order valence-electron chi connectivity index (χ1n) is 9.22. The topological polar surface area (TPSA) is 55.4 Å². The first kappa shape index (κ1) is 17.0. The Morgan fingerprint density at radius 2 is 1.83 bits per heavy atom. The molecule has 4 heteroatoms. The summed E-state index contributed by atoms with van der Waals surface area (Å²) < 4.78 is 5.21. The van der Waals surface area contributed by atoms with Crippen LogP contribution in [0.2, 0.25) is 0 Å². The summed E-state index contributed by atoms with van der Waals surface area (Å²) in [6, 6.07) is 5.98. The van der Waals surface area contributed by atoms with E-state index in [1.165, 1.54) is 30.4 Å². The molecule has 1 aromatic carbocycles. The van der Waals surface area contributed by atoms with Crippen molar-refractivity contribution in [2.75, 3.05) is 6.61 Å². The summed E-state index contributed by atoms with van der Waals surface area (Å²) in [4.78, 5) is 24.2. The highest BCUT2D eigenvalue weighted by atomic mass is 16.5. The van der Waals surface area contributed by atoms with E-state index in [1.807, 2.05) is 18.2 Å². The Kier molecular flexibility index (Phi) is 5.54. The van der Waals surface area contributed by atoms with E-state index in [2.05, 4.69) is 12.2 Å². The quantitative estimate of drug-likeness (QED) is 0.861. The molecule has 0 aromatic heterocycles. The second kappa shape index (κ2) is 7.82. The summed E-state index contributed by atoms with van der Waals surface area (Å²) in [5.74, 6) is -0.102. The predicted molar refractivity (Wildman–Crippen MR) is 92.9 cm³/mol. The summed E-state index contributed by atoms with van der Waals surface area (Å²) in [6.07, 6.45) is 9.07. The molecule has 1 N–H and O–H groups in total. The molecule has 2 aliphatic rings. The van der Waals surface area contributed by atoms with Crippen molar-refractivity contribution >= 4 is 11.9 Å². The number of nitrogens with one attached hydrogen (secondary N) is 1. The summed E-state index contributed by atoms with van der Waals surface area (Å²) in [6.45, 7) is 1.97. The van der Waals surface area contributed by atoms with Crippen molar-refractivity contribution < 1.29 is 14.3 Å². The number of amides is 1. The van der Waals surface area contributed by atoms with Crippen molar-refractivity contribution in [3.05, 3.63) is 34.9 Å². The van der Waals surface area contributed by atoms with E-state index >= 15 is 0 Å². The molecule has 2 unspecified atom stereocenters. The molecule has 4 nitrogen and oxygen atoms in total. The number of hydrogen-bond acceptors (Lipinski definition) is 3. The van der Waals surface area contributed by atoms with Crippen LogP contribution in [0, 0.1) is 5.92 Å². The molecule has 0 spiro atoms. The van der Waals surface area contributed by atoms with Crippen LogP contribution in [0.15, 0.2) is 18.2 Å². The second-order valence-corrected chi connectivity index (χ2v) is 7.20. The molecule has 1 saturated carbocycles. The lowest BCUT2D eigenvalue weighted by Gasteiger charge is -2.29.